The number of aromatic hydroxyl groups is 1. The van der Waals surface area contributed by atoms with Crippen molar-refractivity contribution in [2.75, 3.05) is 29.4 Å². The quantitative estimate of drug-likeness (QED) is 0.863. The number of carbonyl (C=O) groups is 1. The zero-order valence-electron chi connectivity index (χ0n) is 14.9. The van der Waals surface area contributed by atoms with Crippen molar-refractivity contribution in [1.82, 2.24) is 0 Å². The highest BCUT2D eigenvalue weighted by molar-refractivity contribution is 5.73. The summed E-state index contributed by atoms with van der Waals surface area (Å²) in [5.41, 5.74) is 7.69. The van der Waals surface area contributed by atoms with Crippen LogP contribution in [0.25, 0.3) is 0 Å². The van der Waals surface area contributed by atoms with Crippen molar-refractivity contribution in [3.63, 3.8) is 0 Å². The fourth-order valence-electron chi connectivity index (χ4n) is 3.51. The van der Waals surface area contributed by atoms with Crippen molar-refractivity contribution in [3.8, 4) is 5.75 Å². The van der Waals surface area contributed by atoms with Gasteiger partial charge in [-0.05, 0) is 37.1 Å². The van der Waals surface area contributed by atoms with E-state index in [1.54, 1.807) is 13.0 Å². The molecule has 1 heterocycles. The van der Waals surface area contributed by atoms with Gasteiger partial charge < -0.3 is 20.6 Å². The third kappa shape index (κ3) is 3.90. The van der Waals surface area contributed by atoms with Crippen LogP contribution >= 0.6 is 0 Å². The summed E-state index contributed by atoms with van der Waals surface area (Å²) in [5, 5.41) is 9.70. The van der Waals surface area contributed by atoms with Crippen molar-refractivity contribution in [2.24, 2.45) is 5.73 Å². The Morgan fingerprint density at radius 3 is 2.62 bits per heavy atom. The molecule has 0 spiro atoms. The predicted molar refractivity (Wildman–Crippen MR) is 101 cm³/mol. The second-order valence-corrected chi connectivity index (χ2v) is 6.73. The third-order valence-electron chi connectivity index (χ3n) is 4.90. The third-order valence-corrected chi connectivity index (χ3v) is 4.90. The maximum Gasteiger partial charge on any atom is 0.217 e. The minimum absolute atomic E-state index is 0.0276. The molecule has 6 heteroatoms. The number of amides is 1. The van der Waals surface area contributed by atoms with Gasteiger partial charge in [-0.3, -0.25) is 4.79 Å². The number of benzene rings is 2. The molecule has 1 fully saturated rings. The number of aryl methyl sites for hydroxylation is 1. The molecule has 2 aromatic rings. The number of rotatable bonds is 5. The van der Waals surface area contributed by atoms with Crippen LogP contribution in [0.15, 0.2) is 42.5 Å². The van der Waals surface area contributed by atoms with E-state index in [2.05, 4.69) is 21.9 Å². The van der Waals surface area contributed by atoms with Crippen LogP contribution in [0, 0.1) is 12.7 Å². The molecule has 1 aliphatic heterocycles. The lowest BCUT2D eigenvalue weighted by atomic mass is 10.0. The molecular formula is C20H24FN3O2. The number of phenolic OH excluding ortho intramolecular Hbond substituents is 1. The Hall–Kier alpha value is -2.76. The maximum absolute atomic E-state index is 14.0. The molecule has 0 aliphatic carbocycles. The van der Waals surface area contributed by atoms with Crippen LogP contribution in [-0.2, 0) is 4.79 Å². The Morgan fingerprint density at radius 1 is 1.23 bits per heavy atom. The number of nitrogens with zero attached hydrogens (tertiary/aromatic N) is 2. The number of piperazine rings is 1. The summed E-state index contributed by atoms with van der Waals surface area (Å²) >= 11 is 0. The molecule has 1 saturated heterocycles. The van der Waals surface area contributed by atoms with Gasteiger partial charge in [0.2, 0.25) is 5.91 Å². The molecule has 0 saturated carbocycles. The Kier molecular flexibility index (Phi) is 5.30. The standard InChI is InChI=1S/C20H24FN3O2/c1-14-11-17(12-18(21)20(14)26)24-10-9-23(15-5-3-2-4-6-15)13-16(24)7-8-19(22)25/h2-6,11-12,16,26H,7-10,13H2,1H3,(H2,22,25). The molecule has 3 N–H and O–H groups in total. The first kappa shape index (κ1) is 18.0. The van der Waals surface area contributed by atoms with Crippen LogP contribution in [0.5, 0.6) is 5.75 Å². The van der Waals surface area contributed by atoms with Gasteiger partial charge in [0, 0.05) is 49.5 Å². The summed E-state index contributed by atoms with van der Waals surface area (Å²) < 4.78 is 14.0. The number of nitrogens with two attached hydrogens (primary N) is 1. The Bertz CT molecular complexity index is 759. The van der Waals surface area contributed by atoms with Crippen LogP contribution in [0.1, 0.15) is 18.4 Å². The van der Waals surface area contributed by atoms with Crippen molar-refractivity contribution in [3.05, 3.63) is 53.8 Å². The lowest BCUT2D eigenvalue weighted by molar-refractivity contribution is -0.118. The van der Waals surface area contributed by atoms with Gasteiger partial charge in [0.15, 0.2) is 11.6 Å². The van der Waals surface area contributed by atoms with Crippen molar-refractivity contribution < 1.29 is 14.3 Å². The van der Waals surface area contributed by atoms with Crippen molar-refractivity contribution >= 4 is 17.3 Å². The fraction of sp³-hybridized carbons (Fsp3) is 0.350. The number of para-hydroxylation sites is 1. The molecule has 1 unspecified atom stereocenters. The van der Waals surface area contributed by atoms with Crippen LogP contribution < -0.4 is 15.5 Å². The molecule has 2 aromatic carbocycles. The van der Waals surface area contributed by atoms with E-state index >= 15 is 0 Å². The number of halogens is 1. The van der Waals surface area contributed by atoms with E-state index in [1.807, 2.05) is 18.2 Å². The summed E-state index contributed by atoms with van der Waals surface area (Å²) in [4.78, 5) is 15.7. The van der Waals surface area contributed by atoms with Crippen LogP contribution in [0.3, 0.4) is 0 Å². The molecule has 0 bridgehead atoms. The number of phenols is 1. The Labute approximate surface area is 152 Å². The average molecular weight is 357 g/mol. The fourth-order valence-corrected chi connectivity index (χ4v) is 3.51. The maximum atomic E-state index is 14.0. The summed E-state index contributed by atoms with van der Waals surface area (Å²) in [5.74, 6) is -1.28. The highest BCUT2D eigenvalue weighted by Crippen LogP contribution is 2.31. The van der Waals surface area contributed by atoms with E-state index < -0.39 is 5.82 Å². The number of hydrogen-bond donors (Lipinski definition) is 2. The summed E-state index contributed by atoms with van der Waals surface area (Å²) in [6.45, 7) is 3.89. The lowest BCUT2D eigenvalue weighted by Gasteiger charge is -2.44. The molecule has 138 valence electrons. The summed E-state index contributed by atoms with van der Waals surface area (Å²) in [7, 11) is 0. The number of carbonyl (C=O) groups excluding carboxylic acids is 1. The number of primary amides is 1. The van der Waals surface area contributed by atoms with Gasteiger partial charge in [-0.1, -0.05) is 18.2 Å². The molecule has 1 amide bonds. The number of anilines is 2. The van der Waals surface area contributed by atoms with E-state index in [1.165, 1.54) is 6.07 Å². The lowest BCUT2D eigenvalue weighted by Crippen LogP contribution is -2.53. The van der Waals surface area contributed by atoms with Gasteiger partial charge in [0.25, 0.3) is 0 Å². The topological polar surface area (TPSA) is 69.8 Å². The second kappa shape index (κ2) is 7.64. The highest BCUT2D eigenvalue weighted by atomic mass is 19.1. The van der Waals surface area contributed by atoms with Crippen LogP contribution in [-0.4, -0.2) is 36.7 Å². The molecular weight excluding hydrogens is 333 g/mol. The zero-order chi connectivity index (χ0) is 18.7. The van der Waals surface area contributed by atoms with Crippen LogP contribution in [0.2, 0.25) is 0 Å². The first-order chi connectivity index (χ1) is 12.5. The molecule has 1 atom stereocenters. The van der Waals surface area contributed by atoms with E-state index in [0.717, 1.165) is 24.5 Å². The summed E-state index contributed by atoms with van der Waals surface area (Å²) in [6.07, 6.45) is 0.879. The predicted octanol–water partition coefficient (Wildman–Crippen LogP) is 2.80. The first-order valence-corrected chi connectivity index (χ1v) is 8.79. The van der Waals surface area contributed by atoms with Crippen molar-refractivity contribution in [2.45, 2.75) is 25.8 Å². The molecule has 0 aromatic heterocycles. The normalized spacial score (nSPS) is 17.4. The smallest absolute Gasteiger partial charge is 0.217 e. The van der Waals surface area contributed by atoms with E-state index in [4.69, 9.17) is 5.73 Å². The molecule has 3 rings (SSSR count). The summed E-state index contributed by atoms with van der Waals surface area (Å²) in [6, 6.07) is 13.3. The highest BCUT2D eigenvalue weighted by Gasteiger charge is 2.28. The second-order valence-electron chi connectivity index (χ2n) is 6.73. The molecule has 5 nitrogen and oxygen atoms in total. The molecule has 0 radical (unpaired) electrons. The molecule has 1 aliphatic rings. The van der Waals surface area contributed by atoms with Crippen LogP contribution in [0.4, 0.5) is 15.8 Å². The SMILES string of the molecule is Cc1cc(N2CCN(c3ccccc3)CC2CCC(N)=O)cc(F)c1O. The van der Waals surface area contributed by atoms with E-state index in [0.29, 0.717) is 18.5 Å². The van der Waals surface area contributed by atoms with Crippen molar-refractivity contribution in [1.29, 1.82) is 0 Å². The number of hydrogen-bond acceptors (Lipinski definition) is 4. The largest absolute Gasteiger partial charge is 0.505 e. The van der Waals surface area contributed by atoms with Gasteiger partial charge in [-0.25, -0.2) is 4.39 Å². The van der Waals surface area contributed by atoms with Gasteiger partial charge in [-0.2, -0.15) is 0 Å². The van der Waals surface area contributed by atoms with E-state index in [-0.39, 0.29) is 24.1 Å². The van der Waals surface area contributed by atoms with Gasteiger partial charge >= 0.3 is 0 Å². The Morgan fingerprint density at radius 2 is 1.96 bits per heavy atom. The zero-order valence-corrected chi connectivity index (χ0v) is 14.9. The van der Waals surface area contributed by atoms with E-state index in [9.17, 15) is 14.3 Å². The van der Waals surface area contributed by atoms with Gasteiger partial charge in [0.1, 0.15) is 0 Å². The minimum atomic E-state index is -0.626. The van der Waals surface area contributed by atoms with Gasteiger partial charge in [-0.15, -0.1) is 0 Å². The minimum Gasteiger partial charge on any atom is -0.505 e. The monoisotopic (exact) mass is 357 g/mol. The van der Waals surface area contributed by atoms with Gasteiger partial charge in [0.05, 0.1) is 0 Å². The Balaban J connectivity index is 1.85. The first-order valence-electron chi connectivity index (χ1n) is 8.79. The molecule has 26 heavy (non-hydrogen) atoms. The average Bonchev–Trinajstić information content (AvgIpc) is 2.64.